The van der Waals surface area contributed by atoms with Crippen LogP contribution in [0, 0.1) is 13.8 Å². The maximum Gasteiger partial charge on any atom is 0.125 e. The molecule has 2 heterocycles. The summed E-state index contributed by atoms with van der Waals surface area (Å²) in [7, 11) is 0. The van der Waals surface area contributed by atoms with E-state index in [2.05, 4.69) is 27.1 Å². The van der Waals surface area contributed by atoms with Crippen molar-refractivity contribution in [2.24, 2.45) is 0 Å². The van der Waals surface area contributed by atoms with Gasteiger partial charge in [0.15, 0.2) is 0 Å². The molecule has 0 fully saturated rings. The van der Waals surface area contributed by atoms with Crippen LogP contribution >= 0.6 is 0 Å². The largest absolute Gasteiger partial charge is 0.384 e. The Balaban J connectivity index is 2.19. The van der Waals surface area contributed by atoms with Crippen LogP contribution in [0.1, 0.15) is 11.5 Å². The molecule has 2 aromatic heterocycles. The van der Waals surface area contributed by atoms with Gasteiger partial charge in [-0.1, -0.05) is 12.1 Å². The molecule has 2 N–H and O–H groups in total. The Labute approximate surface area is 111 Å². The summed E-state index contributed by atoms with van der Waals surface area (Å²) >= 11 is 0. The van der Waals surface area contributed by atoms with Crippen LogP contribution in [-0.4, -0.2) is 15.0 Å². The SMILES string of the molecule is Cc1ncc(-c2ccc3cnc(N)cc3c2)c(C)n1. The van der Waals surface area contributed by atoms with Crippen molar-refractivity contribution in [1.29, 1.82) is 0 Å². The molecule has 0 aliphatic carbocycles. The molecule has 0 bridgehead atoms. The predicted molar refractivity (Wildman–Crippen MR) is 76.7 cm³/mol. The molecule has 1 aromatic carbocycles. The van der Waals surface area contributed by atoms with E-state index < -0.39 is 0 Å². The van der Waals surface area contributed by atoms with E-state index >= 15 is 0 Å². The standard InChI is InChI=1S/C15H14N4/c1-9-14(8-17-10(2)19-9)11-3-4-12-7-18-15(16)6-13(12)5-11/h3-8H,1-2H3,(H2,16,18). The van der Waals surface area contributed by atoms with Gasteiger partial charge in [-0.25, -0.2) is 15.0 Å². The number of rotatable bonds is 1. The van der Waals surface area contributed by atoms with Crippen LogP contribution in [0.2, 0.25) is 0 Å². The summed E-state index contributed by atoms with van der Waals surface area (Å²) in [4.78, 5) is 12.8. The molecule has 3 aromatic rings. The molecule has 0 radical (unpaired) electrons. The number of hydrogen-bond acceptors (Lipinski definition) is 4. The zero-order valence-corrected chi connectivity index (χ0v) is 10.9. The van der Waals surface area contributed by atoms with E-state index in [4.69, 9.17) is 5.73 Å². The van der Waals surface area contributed by atoms with E-state index in [1.54, 1.807) is 6.20 Å². The first kappa shape index (κ1) is 11.6. The highest BCUT2D eigenvalue weighted by molar-refractivity contribution is 5.88. The van der Waals surface area contributed by atoms with Gasteiger partial charge in [-0.3, -0.25) is 0 Å². The summed E-state index contributed by atoms with van der Waals surface area (Å²) in [6.45, 7) is 3.89. The van der Waals surface area contributed by atoms with Gasteiger partial charge >= 0.3 is 0 Å². The van der Waals surface area contributed by atoms with Crippen molar-refractivity contribution in [2.75, 3.05) is 5.73 Å². The molecule has 0 amide bonds. The van der Waals surface area contributed by atoms with E-state index in [1.165, 1.54) is 0 Å². The van der Waals surface area contributed by atoms with Crippen LogP contribution in [0.15, 0.2) is 36.7 Å². The molecule has 94 valence electrons. The lowest BCUT2D eigenvalue weighted by molar-refractivity contribution is 1.01. The predicted octanol–water partition coefficient (Wildman–Crippen LogP) is 2.89. The van der Waals surface area contributed by atoms with Gasteiger partial charge in [0.25, 0.3) is 0 Å². The average Bonchev–Trinajstić information content (AvgIpc) is 2.38. The molecule has 0 spiro atoms. The van der Waals surface area contributed by atoms with Crippen LogP contribution in [0.3, 0.4) is 0 Å². The van der Waals surface area contributed by atoms with E-state index in [1.807, 2.05) is 32.2 Å². The Morgan fingerprint density at radius 2 is 1.79 bits per heavy atom. The van der Waals surface area contributed by atoms with Gasteiger partial charge < -0.3 is 5.73 Å². The minimum Gasteiger partial charge on any atom is -0.384 e. The summed E-state index contributed by atoms with van der Waals surface area (Å²) in [6, 6.07) is 8.06. The quantitative estimate of drug-likeness (QED) is 0.721. The molecular formula is C15H14N4. The average molecular weight is 250 g/mol. The van der Waals surface area contributed by atoms with Crippen molar-refractivity contribution in [1.82, 2.24) is 15.0 Å². The first-order chi connectivity index (χ1) is 9.13. The second-order valence-corrected chi connectivity index (χ2v) is 4.59. The molecule has 0 aliphatic heterocycles. The third-order valence-electron chi connectivity index (χ3n) is 3.15. The van der Waals surface area contributed by atoms with Gasteiger partial charge in [0, 0.05) is 29.0 Å². The van der Waals surface area contributed by atoms with Crippen molar-refractivity contribution >= 4 is 16.6 Å². The number of fused-ring (bicyclic) bond motifs is 1. The van der Waals surface area contributed by atoms with E-state index in [0.29, 0.717) is 5.82 Å². The zero-order chi connectivity index (χ0) is 13.4. The van der Waals surface area contributed by atoms with Crippen LogP contribution in [0.5, 0.6) is 0 Å². The third kappa shape index (κ3) is 2.12. The molecule has 0 unspecified atom stereocenters. The highest BCUT2D eigenvalue weighted by atomic mass is 14.9. The highest BCUT2D eigenvalue weighted by Crippen LogP contribution is 2.26. The van der Waals surface area contributed by atoms with Crippen molar-refractivity contribution in [3.63, 3.8) is 0 Å². The summed E-state index contributed by atoms with van der Waals surface area (Å²) in [6.07, 6.45) is 3.65. The fourth-order valence-electron chi connectivity index (χ4n) is 2.19. The summed E-state index contributed by atoms with van der Waals surface area (Å²) in [5.41, 5.74) is 8.84. The van der Waals surface area contributed by atoms with Crippen LogP contribution in [0.25, 0.3) is 21.9 Å². The Hall–Kier alpha value is -2.49. The lowest BCUT2D eigenvalue weighted by Crippen LogP contribution is -1.94. The van der Waals surface area contributed by atoms with E-state index in [-0.39, 0.29) is 0 Å². The van der Waals surface area contributed by atoms with E-state index in [0.717, 1.165) is 33.4 Å². The zero-order valence-electron chi connectivity index (χ0n) is 10.9. The number of aryl methyl sites for hydroxylation is 2. The van der Waals surface area contributed by atoms with Gasteiger partial charge in [0.05, 0.1) is 0 Å². The summed E-state index contributed by atoms with van der Waals surface area (Å²) in [5.74, 6) is 1.32. The molecular weight excluding hydrogens is 236 g/mol. The lowest BCUT2D eigenvalue weighted by atomic mass is 10.0. The lowest BCUT2D eigenvalue weighted by Gasteiger charge is -2.07. The molecule has 0 aliphatic rings. The van der Waals surface area contributed by atoms with Gasteiger partial charge in [-0.05, 0) is 36.9 Å². The number of nitrogen functional groups attached to an aromatic ring is 1. The van der Waals surface area contributed by atoms with Gasteiger partial charge in [0.1, 0.15) is 11.6 Å². The number of nitrogens with two attached hydrogens (primary N) is 1. The van der Waals surface area contributed by atoms with Crippen molar-refractivity contribution in [3.05, 3.63) is 48.2 Å². The minimum absolute atomic E-state index is 0.529. The molecule has 4 nitrogen and oxygen atoms in total. The summed E-state index contributed by atoms with van der Waals surface area (Å²) in [5, 5.41) is 2.15. The van der Waals surface area contributed by atoms with Crippen molar-refractivity contribution in [3.8, 4) is 11.1 Å². The Bertz CT molecular complexity index is 765. The number of nitrogens with zero attached hydrogens (tertiary/aromatic N) is 3. The Kier molecular flexibility index (Phi) is 2.63. The van der Waals surface area contributed by atoms with Crippen LogP contribution < -0.4 is 5.73 Å². The van der Waals surface area contributed by atoms with Crippen molar-refractivity contribution < 1.29 is 0 Å². The third-order valence-corrected chi connectivity index (χ3v) is 3.15. The molecule has 3 rings (SSSR count). The minimum atomic E-state index is 0.529. The molecule has 4 heteroatoms. The van der Waals surface area contributed by atoms with Crippen molar-refractivity contribution in [2.45, 2.75) is 13.8 Å². The topological polar surface area (TPSA) is 64.7 Å². The molecule has 19 heavy (non-hydrogen) atoms. The van der Waals surface area contributed by atoms with Crippen LogP contribution in [0.4, 0.5) is 5.82 Å². The number of hydrogen-bond donors (Lipinski definition) is 1. The monoisotopic (exact) mass is 250 g/mol. The number of aromatic nitrogens is 3. The first-order valence-corrected chi connectivity index (χ1v) is 6.09. The maximum atomic E-state index is 5.73. The first-order valence-electron chi connectivity index (χ1n) is 6.09. The van der Waals surface area contributed by atoms with Gasteiger partial charge in [-0.15, -0.1) is 0 Å². The highest BCUT2D eigenvalue weighted by Gasteiger charge is 2.05. The molecule has 0 saturated carbocycles. The normalized spacial score (nSPS) is 10.8. The number of benzene rings is 1. The fraction of sp³-hybridized carbons (Fsp3) is 0.133. The Morgan fingerprint density at radius 3 is 2.58 bits per heavy atom. The van der Waals surface area contributed by atoms with Gasteiger partial charge in [0.2, 0.25) is 0 Å². The summed E-state index contributed by atoms with van der Waals surface area (Å²) < 4.78 is 0. The second-order valence-electron chi connectivity index (χ2n) is 4.59. The second kappa shape index (κ2) is 4.31. The number of pyridine rings is 1. The number of anilines is 1. The van der Waals surface area contributed by atoms with E-state index in [9.17, 15) is 0 Å². The smallest absolute Gasteiger partial charge is 0.125 e. The van der Waals surface area contributed by atoms with Gasteiger partial charge in [-0.2, -0.15) is 0 Å². The van der Waals surface area contributed by atoms with Crippen LogP contribution in [-0.2, 0) is 0 Å². The molecule has 0 saturated heterocycles. The Morgan fingerprint density at radius 1 is 0.947 bits per heavy atom. The fourth-order valence-corrected chi connectivity index (χ4v) is 2.19. The maximum absolute atomic E-state index is 5.73. The molecule has 0 atom stereocenters.